The van der Waals surface area contributed by atoms with Crippen LogP contribution in [0.1, 0.15) is 32.1 Å². The number of aliphatic carboxylic acids is 1. The van der Waals surface area contributed by atoms with Gasteiger partial charge in [0, 0.05) is 4.43 Å². The Morgan fingerprint density at radius 2 is 1.93 bits per heavy atom. The van der Waals surface area contributed by atoms with E-state index in [0.29, 0.717) is 4.43 Å². The second-order valence-corrected chi connectivity index (χ2v) is 4.87. The molecule has 1 aliphatic carbocycles. The number of aliphatic hydroxyl groups excluding tert-OH is 1. The molecule has 0 heterocycles. The van der Waals surface area contributed by atoms with Crippen LogP contribution in [-0.4, -0.2) is 26.7 Å². The van der Waals surface area contributed by atoms with E-state index in [1.54, 1.807) is 0 Å². The maximum atomic E-state index is 10.8. The molecule has 0 radical (unpaired) electrons. The molecular formula is C10H17IO3. The van der Waals surface area contributed by atoms with Crippen LogP contribution in [0.2, 0.25) is 0 Å². The van der Waals surface area contributed by atoms with E-state index in [2.05, 4.69) is 0 Å². The minimum absolute atomic E-state index is 0.208. The molecule has 0 aliphatic heterocycles. The fraction of sp³-hybridized carbons (Fsp3) is 0.900. The fourth-order valence-electron chi connectivity index (χ4n) is 2.11. The molecule has 0 aromatic heterocycles. The summed E-state index contributed by atoms with van der Waals surface area (Å²) in [4.78, 5) is 10.8. The minimum Gasteiger partial charge on any atom is -0.481 e. The second-order valence-electron chi connectivity index (χ2n) is 3.99. The number of halogens is 1. The smallest absolute Gasteiger partial charge is 0.309 e. The highest BCUT2D eigenvalue weighted by atomic mass is 127. The van der Waals surface area contributed by atoms with Crippen LogP contribution in [0.3, 0.4) is 0 Å². The van der Waals surface area contributed by atoms with Crippen molar-refractivity contribution in [3.8, 4) is 0 Å². The van der Waals surface area contributed by atoms with Gasteiger partial charge in [0.05, 0.1) is 12.0 Å². The summed E-state index contributed by atoms with van der Waals surface area (Å²) >= 11 is 2.04. The van der Waals surface area contributed by atoms with E-state index in [-0.39, 0.29) is 5.92 Å². The van der Waals surface area contributed by atoms with Crippen molar-refractivity contribution in [2.75, 3.05) is 4.43 Å². The number of hydrogen-bond acceptors (Lipinski definition) is 2. The Labute approximate surface area is 98.0 Å². The predicted molar refractivity (Wildman–Crippen MR) is 62.6 cm³/mol. The Balaban J connectivity index is 2.51. The molecule has 1 unspecified atom stereocenters. The Morgan fingerprint density at radius 1 is 1.36 bits per heavy atom. The molecule has 2 N–H and O–H groups in total. The average molecular weight is 312 g/mol. The van der Waals surface area contributed by atoms with Crippen molar-refractivity contribution in [3.05, 3.63) is 0 Å². The zero-order valence-electron chi connectivity index (χ0n) is 8.16. The molecular weight excluding hydrogens is 295 g/mol. The van der Waals surface area contributed by atoms with Crippen molar-refractivity contribution in [2.24, 2.45) is 11.8 Å². The number of hydrogen-bond donors (Lipinski definition) is 2. The van der Waals surface area contributed by atoms with Crippen LogP contribution < -0.4 is 0 Å². The third-order valence-corrected chi connectivity index (χ3v) is 3.98. The Bertz CT molecular complexity index is 190. The van der Waals surface area contributed by atoms with Crippen LogP contribution in [0.5, 0.6) is 0 Å². The van der Waals surface area contributed by atoms with Crippen molar-refractivity contribution in [1.29, 1.82) is 0 Å². The molecule has 82 valence electrons. The molecule has 14 heavy (non-hydrogen) atoms. The Kier molecular flexibility index (Phi) is 5.15. The summed E-state index contributed by atoms with van der Waals surface area (Å²) < 4.78 is 0.491. The Morgan fingerprint density at radius 3 is 2.36 bits per heavy atom. The minimum atomic E-state index is -0.863. The molecule has 1 fully saturated rings. The first-order chi connectivity index (χ1) is 6.66. The molecule has 0 amide bonds. The van der Waals surface area contributed by atoms with Crippen molar-refractivity contribution < 1.29 is 15.0 Å². The first kappa shape index (κ1) is 12.2. The lowest BCUT2D eigenvalue weighted by Crippen LogP contribution is -2.36. The Hall–Kier alpha value is 0.160. The second kappa shape index (κ2) is 5.90. The van der Waals surface area contributed by atoms with Gasteiger partial charge in [-0.05, 0) is 18.8 Å². The van der Waals surface area contributed by atoms with Gasteiger partial charge in [0.25, 0.3) is 0 Å². The summed E-state index contributed by atoms with van der Waals surface area (Å²) in [5.74, 6) is -1.24. The van der Waals surface area contributed by atoms with Crippen molar-refractivity contribution in [1.82, 2.24) is 0 Å². The molecule has 0 aromatic carbocycles. The van der Waals surface area contributed by atoms with Gasteiger partial charge >= 0.3 is 5.97 Å². The summed E-state index contributed by atoms with van der Waals surface area (Å²) in [6.07, 6.45) is 4.82. The van der Waals surface area contributed by atoms with Crippen LogP contribution >= 0.6 is 22.6 Å². The van der Waals surface area contributed by atoms with Crippen molar-refractivity contribution >= 4 is 28.6 Å². The maximum absolute atomic E-state index is 10.8. The van der Waals surface area contributed by atoms with Crippen LogP contribution in [-0.2, 0) is 4.79 Å². The van der Waals surface area contributed by atoms with Crippen LogP contribution in [0.15, 0.2) is 0 Å². The van der Waals surface area contributed by atoms with Crippen LogP contribution in [0, 0.1) is 11.8 Å². The normalized spacial score (nSPS) is 23.0. The van der Waals surface area contributed by atoms with Gasteiger partial charge in [-0.15, -0.1) is 0 Å². The van der Waals surface area contributed by atoms with E-state index in [0.717, 1.165) is 25.7 Å². The SMILES string of the molecule is O=C(O)[C@H](CI)C(O)C1CCCCC1. The van der Waals surface area contributed by atoms with E-state index >= 15 is 0 Å². The standard InChI is InChI=1S/C10H17IO3/c11-6-8(10(13)14)9(12)7-4-2-1-3-5-7/h7-9,12H,1-6H2,(H,13,14)/t8-,9?/m1/s1. The lowest BCUT2D eigenvalue weighted by molar-refractivity contribution is -0.146. The fourth-order valence-corrected chi connectivity index (χ4v) is 3.01. The van der Waals surface area contributed by atoms with Crippen LogP contribution in [0.4, 0.5) is 0 Å². The van der Waals surface area contributed by atoms with E-state index in [1.807, 2.05) is 22.6 Å². The van der Waals surface area contributed by atoms with Crippen molar-refractivity contribution in [3.63, 3.8) is 0 Å². The molecule has 0 aromatic rings. The molecule has 4 heteroatoms. The van der Waals surface area contributed by atoms with Crippen LogP contribution in [0.25, 0.3) is 0 Å². The number of carbonyl (C=O) groups is 1. The third-order valence-electron chi connectivity index (χ3n) is 3.03. The topological polar surface area (TPSA) is 57.5 Å². The van der Waals surface area contributed by atoms with Gasteiger partial charge in [0.15, 0.2) is 0 Å². The highest BCUT2D eigenvalue weighted by Crippen LogP contribution is 2.30. The number of alkyl halides is 1. The van der Waals surface area contributed by atoms with Gasteiger partial charge in [0.2, 0.25) is 0 Å². The first-order valence-electron chi connectivity index (χ1n) is 5.13. The molecule has 0 saturated heterocycles. The molecule has 0 spiro atoms. The summed E-state index contributed by atoms with van der Waals surface area (Å²) in [7, 11) is 0. The van der Waals surface area contributed by atoms with Gasteiger partial charge in [-0.1, -0.05) is 41.9 Å². The number of aliphatic hydroxyl groups is 1. The molecule has 1 saturated carbocycles. The zero-order valence-corrected chi connectivity index (χ0v) is 10.3. The summed E-state index contributed by atoms with van der Waals surface area (Å²) in [6, 6.07) is 0. The average Bonchev–Trinajstić information content (AvgIpc) is 2.19. The number of carboxylic acids is 1. The van der Waals surface area contributed by atoms with Gasteiger partial charge in [-0.3, -0.25) is 4.79 Å². The molecule has 1 aliphatic rings. The number of carboxylic acid groups (broad SMARTS) is 1. The van der Waals surface area contributed by atoms with Crippen molar-refractivity contribution in [2.45, 2.75) is 38.2 Å². The molecule has 1 rings (SSSR count). The maximum Gasteiger partial charge on any atom is 0.309 e. The first-order valence-corrected chi connectivity index (χ1v) is 6.66. The predicted octanol–water partition coefficient (Wildman–Crippen LogP) is 2.06. The third kappa shape index (κ3) is 3.08. The summed E-state index contributed by atoms with van der Waals surface area (Å²) in [6.45, 7) is 0. The monoisotopic (exact) mass is 312 g/mol. The van der Waals surface area contributed by atoms with Gasteiger partial charge in [-0.2, -0.15) is 0 Å². The largest absolute Gasteiger partial charge is 0.481 e. The molecule has 3 nitrogen and oxygen atoms in total. The number of rotatable bonds is 4. The van der Waals surface area contributed by atoms with E-state index in [4.69, 9.17) is 5.11 Å². The molecule has 0 bridgehead atoms. The van der Waals surface area contributed by atoms with Gasteiger partial charge < -0.3 is 10.2 Å². The summed E-state index contributed by atoms with van der Waals surface area (Å²) in [5, 5.41) is 18.8. The highest BCUT2D eigenvalue weighted by Gasteiger charge is 2.32. The van der Waals surface area contributed by atoms with E-state index in [1.165, 1.54) is 6.42 Å². The van der Waals surface area contributed by atoms with Gasteiger partial charge in [0.1, 0.15) is 0 Å². The van der Waals surface area contributed by atoms with Gasteiger partial charge in [-0.25, -0.2) is 0 Å². The summed E-state index contributed by atoms with van der Waals surface area (Å²) in [5.41, 5.74) is 0. The molecule has 2 atom stereocenters. The lowest BCUT2D eigenvalue weighted by Gasteiger charge is -2.29. The highest BCUT2D eigenvalue weighted by molar-refractivity contribution is 14.1. The lowest BCUT2D eigenvalue weighted by atomic mass is 9.81. The quantitative estimate of drug-likeness (QED) is 0.617. The zero-order chi connectivity index (χ0) is 10.6. The van der Waals surface area contributed by atoms with E-state index in [9.17, 15) is 9.90 Å². The van der Waals surface area contributed by atoms with E-state index < -0.39 is 18.0 Å².